The van der Waals surface area contributed by atoms with Crippen LogP contribution in [0.4, 0.5) is 0 Å². The van der Waals surface area contributed by atoms with Gasteiger partial charge in [0.1, 0.15) is 0 Å². The molecule has 1 heteroatoms. The average Bonchev–Trinajstić information content (AvgIpc) is 1.87. The van der Waals surface area contributed by atoms with E-state index in [2.05, 4.69) is 33.4 Å². The van der Waals surface area contributed by atoms with Crippen LogP contribution in [0.25, 0.3) is 0 Å². The van der Waals surface area contributed by atoms with Crippen LogP contribution in [-0.2, 0) is 0 Å². The molecular weight excluding hydrogens is 128 g/mol. The van der Waals surface area contributed by atoms with Gasteiger partial charge in [0.15, 0.2) is 0 Å². The highest BCUT2D eigenvalue weighted by Crippen LogP contribution is 2.17. The summed E-state index contributed by atoms with van der Waals surface area (Å²) in [6.07, 6.45) is 2.56. The van der Waals surface area contributed by atoms with Crippen molar-refractivity contribution in [1.82, 2.24) is 0 Å². The van der Waals surface area contributed by atoms with E-state index < -0.39 is 0 Å². The van der Waals surface area contributed by atoms with E-state index in [4.69, 9.17) is 0 Å². The Kier molecular flexibility index (Phi) is 5.36. The van der Waals surface area contributed by atoms with Crippen molar-refractivity contribution < 1.29 is 0 Å². The predicted molar refractivity (Wildman–Crippen MR) is 47.1 cm³/mol. The van der Waals surface area contributed by atoms with Crippen LogP contribution in [0.15, 0.2) is 0 Å². The summed E-state index contributed by atoms with van der Waals surface area (Å²) in [6.45, 7) is 6.87. The van der Waals surface area contributed by atoms with Gasteiger partial charge in [-0.3, -0.25) is 0 Å². The summed E-state index contributed by atoms with van der Waals surface area (Å²) in [7, 11) is 0. The first-order valence-corrected chi connectivity index (χ1v) is 4.46. The molecule has 0 rings (SSSR count). The van der Waals surface area contributed by atoms with Crippen molar-refractivity contribution in [3.8, 4) is 0 Å². The number of hydrogen-bond acceptors (Lipinski definition) is 1. The Labute approximate surface area is 64.4 Å². The quantitative estimate of drug-likeness (QED) is 0.579. The Balaban J connectivity index is 3.32. The van der Waals surface area contributed by atoms with Crippen molar-refractivity contribution in [2.45, 2.75) is 33.6 Å². The molecule has 2 atom stereocenters. The minimum atomic E-state index is 0.854. The summed E-state index contributed by atoms with van der Waals surface area (Å²) in [5, 5.41) is 0. The van der Waals surface area contributed by atoms with Gasteiger partial charge in [0.05, 0.1) is 0 Å². The zero-order valence-corrected chi connectivity index (χ0v) is 7.62. The van der Waals surface area contributed by atoms with E-state index in [-0.39, 0.29) is 0 Å². The summed E-state index contributed by atoms with van der Waals surface area (Å²) >= 11 is 4.19. The van der Waals surface area contributed by atoms with Crippen molar-refractivity contribution in [2.24, 2.45) is 11.8 Å². The lowest BCUT2D eigenvalue weighted by atomic mass is 9.92. The maximum atomic E-state index is 4.19. The molecule has 0 aliphatic rings. The molecule has 0 heterocycles. The summed E-state index contributed by atoms with van der Waals surface area (Å²) in [4.78, 5) is 0. The minimum absolute atomic E-state index is 0.854. The van der Waals surface area contributed by atoms with Gasteiger partial charge in [-0.05, 0) is 24.0 Å². The molecule has 0 fully saturated rings. The third-order valence-electron chi connectivity index (χ3n) is 2.20. The van der Waals surface area contributed by atoms with Gasteiger partial charge in [0, 0.05) is 0 Å². The van der Waals surface area contributed by atoms with Crippen LogP contribution in [0.3, 0.4) is 0 Å². The van der Waals surface area contributed by atoms with Crippen LogP contribution in [0.1, 0.15) is 33.6 Å². The van der Waals surface area contributed by atoms with Gasteiger partial charge in [-0.15, -0.1) is 0 Å². The average molecular weight is 146 g/mol. The van der Waals surface area contributed by atoms with Crippen LogP contribution in [-0.4, -0.2) is 5.75 Å². The molecule has 2 unspecified atom stereocenters. The van der Waals surface area contributed by atoms with Crippen molar-refractivity contribution >= 4 is 12.6 Å². The smallest absolute Gasteiger partial charge is 0.00953 e. The van der Waals surface area contributed by atoms with Crippen molar-refractivity contribution in [3.63, 3.8) is 0 Å². The monoisotopic (exact) mass is 146 g/mol. The summed E-state index contributed by atoms with van der Waals surface area (Å²) < 4.78 is 0. The van der Waals surface area contributed by atoms with E-state index in [9.17, 15) is 0 Å². The Hall–Kier alpha value is 0.350. The van der Waals surface area contributed by atoms with E-state index in [1.165, 1.54) is 12.8 Å². The maximum Gasteiger partial charge on any atom is -0.00953 e. The molecule has 0 aromatic heterocycles. The van der Waals surface area contributed by atoms with E-state index in [1.54, 1.807) is 0 Å². The second-order valence-electron chi connectivity index (χ2n) is 2.88. The van der Waals surface area contributed by atoms with E-state index in [1.807, 2.05) is 0 Å². The molecule has 0 spiro atoms. The van der Waals surface area contributed by atoms with E-state index in [0.717, 1.165) is 17.6 Å². The maximum absolute atomic E-state index is 4.19. The van der Waals surface area contributed by atoms with Gasteiger partial charge in [0.2, 0.25) is 0 Å². The third kappa shape index (κ3) is 3.85. The lowest BCUT2D eigenvalue weighted by Crippen LogP contribution is -2.06. The normalized spacial score (nSPS) is 17.3. The van der Waals surface area contributed by atoms with Gasteiger partial charge in [-0.25, -0.2) is 0 Å². The first-order valence-electron chi connectivity index (χ1n) is 3.83. The fourth-order valence-electron chi connectivity index (χ4n) is 0.891. The zero-order valence-electron chi connectivity index (χ0n) is 6.72. The van der Waals surface area contributed by atoms with Crippen LogP contribution < -0.4 is 0 Å². The van der Waals surface area contributed by atoms with E-state index >= 15 is 0 Å². The Morgan fingerprint density at radius 1 is 1.22 bits per heavy atom. The molecule has 0 saturated heterocycles. The molecule has 0 bridgehead atoms. The highest BCUT2D eigenvalue weighted by atomic mass is 32.1. The molecule has 0 amide bonds. The molecule has 0 aliphatic heterocycles. The highest BCUT2D eigenvalue weighted by molar-refractivity contribution is 7.80. The number of rotatable bonds is 4. The molecule has 56 valence electrons. The molecule has 0 N–H and O–H groups in total. The van der Waals surface area contributed by atoms with Crippen LogP contribution in [0, 0.1) is 11.8 Å². The number of hydrogen-bond donors (Lipinski definition) is 1. The van der Waals surface area contributed by atoms with Gasteiger partial charge in [-0.2, -0.15) is 12.6 Å². The zero-order chi connectivity index (χ0) is 7.28. The molecule has 0 aromatic carbocycles. The van der Waals surface area contributed by atoms with Gasteiger partial charge in [0.25, 0.3) is 0 Å². The fourth-order valence-corrected chi connectivity index (χ4v) is 1.30. The Bertz CT molecular complexity index is 61.6. The van der Waals surface area contributed by atoms with Crippen molar-refractivity contribution in [3.05, 3.63) is 0 Å². The summed E-state index contributed by atoms with van der Waals surface area (Å²) in [5.41, 5.74) is 0. The number of thiol groups is 1. The van der Waals surface area contributed by atoms with E-state index in [0.29, 0.717) is 0 Å². The SMILES string of the molecule is CCC(C)C(C)CCS. The molecular formula is C8H18S. The standard InChI is InChI=1S/C8H18S/c1-4-7(2)8(3)5-6-9/h7-9H,4-6H2,1-3H3. The Morgan fingerprint density at radius 2 is 1.78 bits per heavy atom. The Morgan fingerprint density at radius 3 is 2.11 bits per heavy atom. The third-order valence-corrected chi connectivity index (χ3v) is 2.46. The highest BCUT2D eigenvalue weighted by Gasteiger charge is 2.07. The summed E-state index contributed by atoms with van der Waals surface area (Å²) in [6, 6.07) is 0. The lowest BCUT2D eigenvalue weighted by molar-refractivity contribution is 0.370. The minimum Gasteiger partial charge on any atom is -0.179 e. The molecule has 9 heavy (non-hydrogen) atoms. The summed E-state index contributed by atoms with van der Waals surface area (Å²) in [5.74, 6) is 2.76. The predicted octanol–water partition coefficient (Wildman–Crippen LogP) is 2.99. The van der Waals surface area contributed by atoms with Crippen LogP contribution in [0.5, 0.6) is 0 Å². The second-order valence-corrected chi connectivity index (χ2v) is 3.32. The molecule has 0 nitrogen and oxygen atoms in total. The molecule has 0 radical (unpaired) electrons. The molecule has 0 aliphatic carbocycles. The van der Waals surface area contributed by atoms with Crippen molar-refractivity contribution in [1.29, 1.82) is 0 Å². The second kappa shape index (κ2) is 5.16. The molecule has 0 aromatic rings. The lowest BCUT2D eigenvalue weighted by Gasteiger charge is -2.16. The van der Waals surface area contributed by atoms with Gasteiger partial charge in [-0.1, -0.05) is 27.2 Å². The topological polar surface area (TPSA) is 0 Å². The fraction of sp³-hybridized carbons (Fsp3) is 1.00. The first kappa shape index (κ1) is 9.35. The largest absolute Gasteiger partial charge is 0.179 e. The molecule has 0 saturated carbocycles. The van der Waals surface area contributed by atoms with Gasteiger partial charge >= 0.3 is 0 Å². The van der Waals surface area contributed by atoms with Gasteiger partial charge < -0.3 is 0 Å². The van der Waals surface area contributed by atoms with Crippen molar-refractivity contribution in [2.75, 3.05) is 5.75 Å². The van der Waals surface area contributed by atoms with Crippen LogP contribution >= 0.6 is 12.6 Å². The van der Waals surface area contributed by atoms with Crippen LogP contribution in [0.2, 0.25) is 0 Å². The first-order chi connectivity index (χ1) is 4.22.